The maximum absolute atomic E-state index is 13.0. The first-order valence-electron chi connectivity index (χ1n) is 8.73. The highest BCUT2D eigenvalue weighted by molar-refractivity contribution is 6.36. The summed E-state index contributed by atoms with van der Waals surface area (Å²) in [6, 6.07) is 11.5. The van der Waals surface area contributed by atoms with Crippen LogP contribution in [-0.4, -0.2) is 42.5 Å². The second-order valence-electron chi connectivity index (χ2n) is 6.19. The molecule has 0 N–H and O–H groups in total. The molecule has 2 aromatic rings. The van der Waals surface area contributed by atoms with Gasteiger partial charge in [0.15, 0.2) is 0 Å². The van der Waals surface area contributed by atoms with E-state index in [2.05, 4.69) is 0 Å². The minimum Gasteiger partial charge on any atom is -0.492 e. The minimum absolute atomic E-state index is 0.160. The number of carbonyl (C=O) groups is 2. The molecule has 0 unspecified atom stereocenters. The van der Waals surface area contributed by atoms with Gasteiger partial charge in [0.2, 0.25) is 5.91 Å². The zero-order chi connectivity index (χ0) is 19.6. The molecule has 1 aliphatic rings. The summed E-state index contributed by atoms with van der Waals surface area (Å²) in [6.07, 6.45) is 0. The number of piperazine rings is 1. The molecule has 3 rings (SSSR count). The van der Waals surface area contributed by atoms with Crippen LogP contribution in [0.3, 0.4) is 0 Å². The lowest BCUT2D eigenvalue weighted by Crippen LogP contribution is -2.57. The molecule has 7 heteroatoms. The summed E-state index contributed by atoms with van der Waals surface area (Å²) < 4.78 is 5.64. The highest BCUT2D eigenvalue weighted by Crippen LogP contribution is 2.31. The first kappa shape index (κ1) is 19.5. The van der Waals surface area contributed by atoms with Gasteiger partial charge in [-0.15, -0.1) is 0 Å². The van der Waals surface area contributed by atoms with E-state index < -0.39 is 6.04 Å². The number of nitrogens with zero attached hydrogens (tertiary/aromatic N) is 2. The first-order valence-corrected chi connectivity index (χ1v) is 9.48. The lowest BCUT2D eigenvalue weighted by Gasteiger charge is -2.39. The standard InChI is InChI=1S/C20H20Cl2N2O3/c1-3-27-18-7-5-4-6-17(18)24-11-10-23(13(2)19(24)25)20(26)15-9-8-14(21)12-16(15)22/h4-9,12-13H,3,10-11H2,1-2H3/t13-/m0/s1. The van der Waals surface area contributed by atoms with Crippen LogP contribution in [0, 0.1) is 0 Å². The Morgan fingerprint density at radius 1 is 1.19 bits per heavy atom. The fourth-order valence-electron chi connectivity index (χ4n) is 3.16. The maximum Gasteiger partial charge on any atom is 0.256 e. The maximum atomic E-state index is 13.0. The zero-order valence-corrected chi connectivity index (χ0v) is 16.6. The number of carbonyl (C=O) groups excluding carboxylic acids is 2. The smallest absolute Gasteiger partial charge is 0.256 e. The van der Waals surface area contributed by atoms with Crippen LogP contribution in [0.15, 0.2) is 42.5 Å². The summed E-state index contributed by atoms with van der Waals surface area (Å²) in [5, 5.41) is 0.731. The van der Waals surface area contributed by atoms with Crippen LogP contribution in [0.2, 0.25) is 10.0 Å². The average molecular weight is 407 g/mol. The molecule has 1 atom stereocenters. The normalized spacial score (nSPS) is 17.2. The van der Waals surface area contributed by atoms with E-state index in [0.29, 0.717) is 41.7 Å². The van der Waals surface area contributed by atoms with Crippen molar-refractivity contribution in [2.45, 2.75) is 19.9 Å². The van der Waals surface area contributed by atoms with Crippen molar-refractivity contribution < 1.29 is 14.3 Å². The third kappa shape index (κ3) is 3.89. The van der Waals surface area contributed by atoms with Gasteiger partial charge >= 0.3 is 0 Å². The Hall–Kier alpha value is -2.24. The van der Waals surface area contributed by atoms with E-state index in [1.165, 1.54) is 11.0 Å². The van der Waals surface area contributed by atoms with Crippen molar-refractivity contribution in [2.75, 3.05) is 24.6 Å². The van der Waals surface area contributed by atoms with E-state index in [1.54, 1.807) is 24.0 Å². The Morgan fingerprint density at radius 2 is 1.93 bits per heavy atom. The van der Waals surface area contributed by atoms with E-state index in [1.807, 2.05) is 31.2 Å². The molecular formula is C20H20Cl2N2O3. The van der Waals surface area contributed by atoms with Crippen molar-refractivity contribution in [3.8, 4) is 5.75 Å². The number of amides is 2. The van der Waals surface area contributed by atoms with Gasteiger partial charge in [0, 0.05) is 18.1 Å². The summed E-state index contributed by atoms with van der Waals surface area (Å²) in [5.74, 6) is 0.211. The number of para-hydroxylation sites is 2. The Bertz CT molecular complexity index is 872. The summed E-state index contributed by atoms with van der Waals surface area (Å²) in [7, 11) is 0. The number of ether oxygens (including phenoxy) is 1. The fourth-order valence-corrected chi connectivity index (χ4v) is 3.65. The molecule has 0 radical (unpaired) electrons. The molecule has 27 heavy (non-hydrogen) atoms. The molecule has 142 valence electrons. The van der Waals surface area contributed by atoms with Crippen LogP contribution in [0.1, 0.15) is 24.2 Å². The van der Waals surface area contributed by atoms with Crippen LogP contribution in [0.25, 0.3) is 0 Å². The van der Waals surface area contributed by atoms with Crippen LogP contribution >= 0.6 is 23.2 Å². The van der Waals surface area contributed by atoms with E-state index >= 15 is 0 Å². The fraction of sp³-hybridized carbons (Fsp3) is 0.300. The SMILES string of the molecule is CCOc1ccccc1N1CCN(C(=O)c2ccc(Cl)cc2Cl)[C@@H](C)C1=O. The number of anilines is 1. The van der Waals surface area contributed by atoms with Gasteiger partial charge < -0.3 is 14.5 Å². The van der Waals surface area contributed by atoms with Gasteiger partial charge in [-0.2, -0.15) is 0 Å². The topological polar surface area (TPSA) is 49.9 Å². The predicted molar refractivity (Wildman–Crippen MR) is 107 cm³/mol. The molecule has 0 spiro atoms. The molecule has 0 aromatic heterocycles. The molecule has 0 bridgehead atoms. The first-order chi connectivity index (χ1) is 12.9. The molecule has 1 heterocycles. The largest absolute Gasteiger partial charge is 0.492 e. The van der Waals surface area contributed by atoms with E-state index in [4.69, 9.17) is 27.9 Å². The predicted octanol–water partition coefficient (Wildman–Crippen LogP) is 4.27. The average Bonchev–Trinajstić information content (AvgIpc) is 2.64. The number of hydrogen-bond acceptors (Lipinski definition) is 3. The monoisotopic (exact) mass is 406 g/mol. The summed E-state index contributed by atoms with van der Waals surface area (Å²) >= 11 is 12.1. The van der Waals surface area contributed by atoms with Crippen molar-refractivity contribution in [1.82, 2.24) is 4.90 Å². The van der Waals surface area contributed by atoms with Crippen LogP contribution in [-0.2, 0) is 4.79 Å². The Kier molecular flexibility index (Phi) is 5.92. The molecule has 0 saturated carbocycles. The van der Waals surface area contributed by atoms with Gasteiger partial charge in [-0.05, 0) is 44.2 Å². The summed E-state index contributed by atoms with van der Waals surface area (Å²) in [5.41, 5.74) is 1.05. The highest BCUT2D eigenvalue weighted by Gasteiger charge is 2.36. The zero-order valence-electron chi connectivity index (χ0n) is 15.1. The molecule has 1 aliphatic heterocycles. The molecule has 2 amide bonds. The van der Waals surface area contributed by atoms with E-state index in [0.717, 1.165) is 0 Å². The van der Waals surface area contributed by atoms with E-state index in [-0.39, 0.29) is 16.8 Å². The lowest BCUT2D eigenvalue weighted by atomic mass is 10.1. The van der Waals surface area contributed by atoms with Gasteiger partial charge in [-0.3, -0.25) is 9.59 Å². The highest BCUT2D eigenvalue weighted by atomic mass is 35.5. The van der Waals surface area contributed by atoms with Crippen LogP contribution in [0.5, 0.6) is 5.75 Å². The number of benzene rings is 2. The number of rotatable bonds is 4. The van der Waals surface area contributed by atoms with E-state index in [9.17, 15) is 9.59 Å². The Morgan fingerprint density at radius 3 is 2.63 bits per heavy atom. The Labute approximate surface area is 168 Å². The molecule has 1 saturated heterocycles. The second kappa shape index (κ2) is 8.19. The summed E-state index contributed by atoms with van der Waals surface area (Å²) in [4.78, 5) is 29.1. The van der Waals surface area contributed by atoms with Crippen LogP contribution in [0.4, 0.5) is 5.69 Å². The lowest BCUT2D eigenvalue weighted by molar-refractivity contribution is -0.124. The van der Waals surface area contributed by atoms with Gasteiger partial charge in [-0.25, -0.2) is 0 Å². The van der Waals surface area contributed by atoms with Gasteiger partial charge in [-0.1, -0.05) is 35.3 Å². The molecular weight excluding hydrogens is 387 g/mol. The Balaban J connectivity index is 1.84. The molecule has 1 fully saturated rings. The number of halogens is 2. The minimum atomic E-state index is -0.618. The van der Waals surface area contributed by atoms with Crippen molar-refractivity contribution in [2.24, 2.45) is 0 Å². The number of hydrogen-bond donors (Lipinski definition) is 0. The van der Waals surface area contributed by atoms with Crippen molar-refractivity contribution in [3.63, 3.8) is 0 Å². The van der Waals surface area contributed by atoms with Crippen molar-refractivity contribution in [1.29, 1.82) is 0 Å². The van der Waals surface area contributed by atoms with Crippen LogP contribution < -0.4 is 9.64 Å². The third-order valence-corrected chi connectivity index (χ3v) is 5.08. The van der Waals surface area contributed by atoms with Crippen molar-refractivity contribution in [3.05, 3.63) is 58.1 Å². The second-order valence-corrected chi connectivity index (χ2v) is 7.03. The van der Waals surface area contributed by atoms with Crippen molar-refractivity contribution >= 4 is 40.7 Å². The molecule has 0 aliphatic carbocycles. The third-order valence-electron chi connectivity index (χ3n) is 4.53. The quantitative estimate of drug-likeness (QED) is 0.761. The van der Waals surface area contributed by atoms with Gasteiger partial charge in [0.25, 0.3) is 5.91 Å². The van der Waals surface area contributed by atoms with Gasteiger partial charge in [0.05, 0.1) is 22.9 Å². The summed E-state index contributed by atoms with van der Waals surface area (Å²) in [6.45, 7) is 4.90. The molecule has 2 aromatic carbocycles. The molecule has 5 nitrogen and oxygen atoms in total. The van der Waals surface area contributed by atoms with Gasteiger partial charge in [0.1, 0.15) is 11.8 Å².